The summed E-state index contributed by atoms with van der Waals surface area (Å²) in [4.78, 5) is 10.6. The van der Waals surface area contributed by atoms with E-state index in [4.69, 9.17) is 16.7 Å². The second-order valence-electron chi connectivity index (χ2n) is 9.36. The highest BCUT2D eigenvalue weighted by Crippen LogP contribution is 2.45. The highest BCUT2D eigenvalue weighted by atomic mass is 35.5. The number of hydrogen-bond donors (Lipinski definition) is 3. The van der Waals surface area contributed by atoms with Gasteiger partial charge >= 0.3 is 5.97 Å². The average Bonchev–Trinajstić information content (AvgIpc) is 3.03. The van der Waals surface area contributed by atoms with Crippen molar-refractivity contribution in [3.63, 3.8) is 0 Å². The maximum absolute atomic E-state index is 10.8. The molecule has 1 aromatic rings. The predicted molar refractivity (Wildman–Crippen MR) is 120 cm³/mol. The van der Waals surface area contributed by atoms with E-state index >= 15 is 0 Å². The van der Waals surface area contributed by atoms with Gasteiger partial charge in [-0.1, -0.05) is 62.8 Å². The summed E-state index contributed by atoms with van der Waals surface area (Å²) in [7, 11) is 0. The molecule has 0 spiro atoms. The maximum atomic E-state index is 10.8. The van der Waals surface area contributed by atoms with Gasteiger partial charge in [0.05, 0.1) is 12.2 Å². The Morgan fingerprint density at radius 1 is 1.03 bits per heavy atom. The number of alkyl halides is 1. The van der Waals surface area contributed by atoms with Crippen LogP contribution in [0.25, 0.3) is 0 Å². The Morgan fingerprint density at radius 2 is 1.70 bits per heavy atom. The van der Waals surface area contributed by atoms with Crippen LogP contribution >= 0.6 is 11.6 Å². The summed E-state index contributed by atoms with van der Waals surface area (Å²) in [6.07, 6.45) is 10.5. The summed E-state index contributed by atoms with van der Waals surface area (Å²) >= 11 is 6.60. The molecule has 4 nitrogen and oxygen atoms in total. The topological polar surface area (TPSA) is 77.8 Å². The van der Waals surface area contributed by atoms with Crippen LogP contribution in [0.2, 0.25) is 0 Å². The van der Waals surface area contributed by atoms with Gasteiger partial charge in [0.1, 0.15) is 0 Å². The summed E-state index contributed by atoms with van der Waals surface area (Å²) in [5, 5.41) is 30.1. The van der Waals surface area contributed by atoms with Crippen molar-refractivity contribution in [1.29, 1.82) is 0 Å². The molecule has 0 bridgehead atoms. The first-order valence-corrected chi connectivity index (χ1v) is 12.2. The summed E-state index contributed by atoms with van der Waals surface area (Å²) in [5.74, 6) is -0.0997. The van der Waals surface area contributed by atoms with Crippen molar-refractivity contribution in [3.05, 3.63) is 35.4 Å². The molecule has 168 valence electrons. The SMILES string of the molecule is O=C(O)CCCCCC[C@H]1C(Cl)C[C@@H](O)[C@@H]1c1ccc(C(O)C2CCCCC2)cc1. The van der Waals surface area contributed by atoms with E-state index in [0.29, 0.717) is 12.3 Å². The van der Waals surface area contributed by atoms with Gasteiger partial charge in [-0.25, -0.2) is 0 Å². The fourth-order valence-corrected chi connectivity index (χ4v) is 6.00. The minimum Gasteiger partial charge on any atom is -0.481 e. The van der Waals surface area contributed by atoms with Gasteiger partial charge in [0.25, 0.3) is 0 Å². The van der Waals surface area contributed by atoms with Crippen molar-refractivity contribution in [2.45, 2.75) is 101 Å². The molecular formula is C25H37ClO4. The fourth-order valence-electron chi connectivity index (χ4n) is 5.54. The number of rotatable bonds is 10. The Bertz CT molecular complexity index is 656. The summed E-state index contributed by atoms with van der Waals surface area (Å²) in [6.45, 7) is 0. The molecule has 1 aromatic carbocycles. The number of hydrogen-bond acceptors (Lipinski definition) is 3. The van der Waals surface area contributed by atoms with E-state index in [1.165, 1.54) is 19.3 Å². The Kier molecular flexibility index (Phi) is 9.03. The van der Waals surface area contributed by atoms with Crippen LogP contribution in [0.3, 0.4) is 0 Å². The molecule has 5 heteroatoms. The van der Waals surface area contributed by atoms with Gasteiger partial charge in [0, 0.05) is 17.7 Å². The zero-order valence-electron chi connectivity index (χ0n) is 17.9. The van der Waals surface area contributed by atoms with E-state index in [0.717, 1.165) is 56.1 Å². The zero-order valence-corrected chi connectivity index (χ0v) is 18.6. The van der Waals surface area contributed by atoms with Gasteiger partial charge in [0.15, 0.2) is 0 Å². The van der Waals surface area contributed by atoms with Crippen LogP contribution in [-0.2, 0) is 4.79 Å². The number of aliphatic hydroxyl groups excluding tert-OH is 2. The molecule has 2 unspecified atom stereocenters. The lowest BCUT2D eigenvalue weighted by Crippen LogP contribution is -2.19. The molecule has 0 heterocycles. The van der Waals surface area contributed by atoms with E-state index in [-0.39, 0.29) is 23.6 Å². The van der Waals surface area contributed by atoms with Crippen molar-refractivity contribution in [2.24, 2.45) is 11.8 Å². The first-order chi connectivity index (χ1) is 14.5. The average molecular weight is 437 g/mol. The van der Waals surface area contributed by atoms with Gasteiger partial charge in [-0.2, -0.15) is 0 Å². The Labute approximate surface area is 185 Å². The molecule has 2 fully saturated rings. The summed E-state index contributed by atoms with van der Waals surface area (Å²) in [6, 6.07) is 8.21. The van der Waals surface area contributed by atoms with E-state index in [9.17, 15) is 15.0 Å². The molecule has 3 rings (SSSR count). The minimum atomic E-state index is -0.730. The van der Waals surface area contributed by atoms with Gasteiger partial charge < -0.3 is 15.3 Å². The number of benzene rings is 1. The molecule has 2 saturated carbocycles. The highest BCUT2D eigenvalue weighted by molar-refractivity contribution is 6.21. The maximum Gasteiger partial charge on any atom is 0.303 e. The predicted octanol–water partition coefficient (Wildman–Crippen LogP) is 5.80. The number of aliphatic carboxylic acids is 1. The smallest absolute Gasteiger partial charge is 0.303 e. The van der Waals surface area contributed by atoms with Crippen LogP contribution in [0.15, 0.2) is 24.3 Å². The second-order valence-corrected chi connectivity index (χ2v) is 9.93. The number of carbonyl (C=O) groups is 1. The van der Waals surface area contributed by atoms with Crippen LogP contribution in [0.4, 0.5) is 0 Å². The quantitative estimate of drug-likeness (QED) is 0.320. The number of unbranched alkanes of at least 4 members (excludes halogenated alkanes) is 3. The van der Waals surface area contributed by atoms with Crippen LogP contribution in [-0.4, -0.2) is 32.8 Å². The molecule has 5 atom stereocenters. The number of halogens is 1. The lowest BCUT2D eigenvalue weighted by molar-refractivity contribution is -0.137. The number of aliphatic hydroxyl groups is 2. The van der Waals surface area contributed by atoms with Gasteiger partial charge in [-0.05, 0) is 55.1 Å². The normalized spacial score (nSPS) is 28.5. The van der Waals surface area contributed by atoms with Crippen molar-refractivity contribution < 1.29 is 20.1 Å². The van der Waals surface area contributed by atoms with Crippen molar-refractivity contribution in [1.82, 2.24) is 0 Å². The zero-order chi connectivity index (χ0) is 21.5. The second kappa shape index (κ2) is 11.5. The van der Waals surface area contributed by atoms with E-state index in [1.807, 2.05) is 12.1 Å². The first-order valence-electron chi connectivity index (χ1n) is 11.8. The Balaban J connectivity index is 1.57. The molecule has 2 aliphatic carbocycles. The van der Waals surface area contributed by atoms with E-state index < -0.39 is 18.2 Å². The molecule has 0 amide bonds. The largest absolute Gasteiger partial charge is 0.481 e. The highest BCUT2D eigenvalue weighted by Gasteiger charge is 2.41. The van der Waals surface area contributed by atoms with Crippen LogP contribution < -0.4 is 0 Å². The monoisotopic (exact) mass is 436 g/mol. The first kappa shape index (κ1) is 23.6. The summed E-state index contributed by atoms with van der Waals surface area (Å²) in [5.41, 5.74) is 2.09. The number of carboxylic acids is 1. The third-order valence-electron chi connectivity index (χ3n) is 7.24. The summed E-state index contributed by atoms with van der Waals surface area (Å²) < 4.78 is 0. The minimum absolute atomic E-state index is 0.0310. The number of carboxylic acid groups (broad SMARTS) is 1. The molecule has 3 N–H and O–H groups in total. The van der Waals surface area contributed by atoms with Crippen LogP contribution in [0.1, 0.15) is 100 Å². The molecule has 0 aromatic heterocycles. The molecule has 0 aliphatic heterocycles. The van der Waals surface area contributed by atoms with Crippen LogP contribution in [0, 0.1) is 11.8 Å². The third-order valence-corrected chi connectivity index (χ3v) is 7.75. The Hall–Kier alpha value is -1.10. The van der Waals surface area contributed by atoms with E-state index in [2.05, 4.69) is 12.1 Å². The Morgan fingerprint density at radius 3 is 2.37 bits per heavy atom. The molecule has 0 radical (unpaired) electrons. The standard InChI is InChI=1S/C25H37ClO4/c26-21-16-22(27)24(20(21)10-6-1-2-7-11-23(28)29)17-12-14-19(15-13-17)25(30)18-8-4-3-5-9-18/h12-15,18,20-22,24-25,27,30H,1-11,16H2,(H,28,29)/t20-,21?,22+,24+,25?/m0/s1. The van der Waals surface area contributed by atoms with Gasteiger partial charge in [0.2, 0.25) is 0 Å². The molecule has 30 heavy (non-hydrogen) atoms. The lowest BCUT2D eigenvalue weighted by atomic mass is 9.81. The third kappa shape index (κ3) is 6.21. The van der Waals surface area contributed by atoms with Gasteiger partial charge in [-0.15, -0.1) is 11.6 Å². The molecular weight excluding hydrogens is 400 g/mol. The fraction of sp³-hybridized carbons (Fsp3) is 0.720. The van der Waals surface area contributed by atoms with Crippen molar-refractivity contribution in [2.75, 3.05) is 0 Å². The van der Waals surface area contributed by atoms with Gasteiger partial charge in [-0.3, -0.25) is 4.79 Å². The van der Waals surface area contributed by atoms with Crippen LogP contribution in [0.5, 0.6) is 0 Å². The lowest BCUT2D eigenvalue weighted by Gasteiger charge is -2.28. The van der Waals surface area contributed by atoms with Crippen molar-refractivity contribution in [3.8, 4) is 0 Å². The van der Waals surface area contributed by atoms with E-state index in [1.54, 1.807) is 0 Å². The molecule has 2 aliphatic rings. The molecule has 0 saturated heterocycles. The van der Waals surface area contributed by atoms with Crippen molar-refractivity contribution >= 4 is 17.6 Å².